The highest BCUT2D eigenvalue weighted by Crippen LogP contribution is 2.22. The minimum atomic E-state index is -2.91. The van der Waals surface area contributed by atoms with Crippen LogP contribution in [0.25, 0.3) is 0 Å². The van der Waals surface area contributed by atoms with Gasteiger partial charge in [-0.3, -0.25) is 14.5 Å². The van der Waals surface area contributed by atoms with Gasteiger partial charge in [0.1, 0.15) is 0 Å². The first-order valence-corrected chi connectivity index (χ1v) is 12.1. The van der Waals surface area contributed by atoms with Crippen molar-refractivity contribution in [2.45, 2.75) is 12.5 Å². The molecule has 3 heterocycles. The largest absolute Gasteiger partial charge is 0.336 e. The maximum Gasteiger partial charge on any atom is 0.254 e. The monoisotopic (exact) mass is 418 g/mol. The molecule has 2 fully saturated rings. The Kier molecular flexibility index (Phi) is 5.35. The highest BCUT2D eigenvalue weighted by atomic mass is 32.2. The number of sulfone groups is 1. The first-order valence-electron chi connectivity index (χ1n) is 9.35. The van der Waals surface area contributed by atoms with Gasteiger partial charge in [0, 0.05) is 37.8 Å². The third-order valence-electron chi connectivity index (χ3n) is 5.47. The Morgan fingerprint density at radius 1 is 0.964 bits per heavy atom. The summed E-state index contributed by atoms with van der Waals surface area (Å²) in [7, 11) is -2.91. The van der Waals surface area contributed by atoms with Crippen molar-refractivity contribution < 1.29 is 18.0 Å². The molecule has 2 aliphatic rings. The lowest BCUT2D eigenvalue weighted by molar-refractivity contribution is 0.0585. The van der Waals surface area contributed by atoms with E-state index in [0.717, 1.165) is 0 Å². The van der Waals surface area contributed by atoms with Crippen LogP contribution in [-0.2, 0) is 9.84 Å². The first-order chi connectivity index (χ1) is 13.4. The zero-order valence-electron chi connectivity index (χ0n) is 15.4. The molecule has 4 rings (SSSR count). The molecule has 0 radical (unpaired) electrons. The van der Waals surface area contributed by atoms with Gasteiger partial charge in [-0.15, -0.1) is 11.3 Å². The molecule has 28 heavy (non-hydrogen) atoms. The first kappa shape index (κ1) is 19.3. The fraction of sp³-hybridized carbons (Fsp3) is 0.400. The van der Waals surface area contributed by atoms with E-state index in [1.54, 1.807) is 35.2 Å². The van der Waals surface area contributed by atoms with Gasteiger partial charge in [-0.2, -0.15) is 0 Å². The van der Waals surface area contributed by atoms with Crippen molar-refractivity contribution >= 4 is 32.9 Å². The summed E-state index contributed by atoms with van der Waals surface area (Å²) in [6.45, 7) is 2.40. The maximum atomic E-state index is 13.1. The summed E-state index contributed by atoms with van der Waals surface area (Å²) in [4.78, 5) is 30.4. The van der Waals surface area contributed by atoms with Crippen molar-refractivity contribution in [1.29, 1.82) is 0 Å². The smallest absolute Gasteiger partial charge is 0.254 e. The van der Waals surface area contributed by atoms with Gasteiger partial charge in [-0.1, -0.05) is 24.3 Å². The van der Waals surface area contributed by atoms with Crippen LogP contribution in [0, 0.1) is 0 Å². The zero-order valence-corrected chi connectivity index (χ0v) is 17.0. The molecule has 0 saturated carbocycles. The van der Waals surface area contributed by atoms with Crippen LogP contribution in [0.15, 0.2) is 41.8 Å². The number of carbonyl (C=O) groups is 2. The lowest BCUT2D eigenvalue weighted by atomic mass is 10.0. The van der Waals surface area contributed by atoms with Gasteiger partial charge in [0.2, 0.25) is 5.78 Å². The molecule has 6 nitrogen and oxygen atoms in total. The van der Waals surface area contributed by atoms with Crippen LogP contribution in [0.1, 0.15) is 32.0 Å². The summed E-state index contributed by atoms with van der Waals surface area (Å²) < 4.78 is 23.4. The number of amides is 1. The van der Waals surface area contributed by atoms with Gasteiger partial charge >= 0.3 is 0 Å². The van der Waals surface area contributed by atoms with Gasteiger partial charge in [-0.05, 0) is 23.9 Å². The van der Waals surface area contributed by atoms with Crippen LogP contribution in [0.2, 0.25) is 0 Å². The van der Waals surface area contributed by atoms with E-state index in [1.165, 1.54) is 11.3 Å². The van der Waals surface area contributed by atoms with Crippen molar-refractivity contribution in [1.82, 2.24) is 9.80 Å². The topological polar surface area (TPSA) is 74.8 Å². The van der Waals surface area contributed by atoms with E-state index in [-0.39, 0.29) is 29.2 Å². The van der Waals surface area contributed by atoms with Crippen LogP contribution in [0.3, 0.4) is 0 Å². The lowest BCUT2D eigenvalue weighted by Gasteiger charge is -2.37. The summed E-state index contributed by atoms with van der Waals surface area (Å²) in [6, 6.07) is 10.6. The van der Waals surface area contributed by atoms with E-state index < -0.39 is 9.84 Å². The fourth-order valence-electron chi connectivity index (χ4n) is 3.93. The third-order valence-corrected chi connectivity index (χ3v) is 8.09. The lowest BCUT2D eigenvalue weighted by Crippen LogP contribution is -2.52. The number of benzene rings is 1. The summed E-state index contributed by atoms with van der Waals surface area (Å²) in [6.07, 6.45) is 0.675. The van der Waals surface area contributed by atoms with Gasteiger partial charge in [0.25, 0.3) is 5.91 Å². The highest BCUT2D eigenvalue weighted by Gasteiger charge is 2.34. The second-order valence-corrected chi connectivity index (χ2v) is 10.4. The van der Waals surface area contributed by atoms with Gasteiger partial charge in [0.05, 0.1) is 21.9 Å². The average Bonchev–Trinajstić information content (AvgIpc) is 3.37. The predicted molar refractivity (Wildman–Crippen MR) is 109 cm³/mol. The second-order valence-electron chi connectivity index (χ2n) is 7.24. The minimum absolute atomic E-state index is 0.0648. The van der Waals surface area contributed by atoms with Crippen LogP contribution >= 0.6 is 11.3 Å². The number of hydrogen-bond donors (Lipinski definition) is 0. The Bertz CT molecular complexity index is 977. The van der Waals surface area contributed by atoms with E-state index in [4.69, 9.17) is 0 Å². The van der Waals surface area contributed by atoms with Crippen LogP contribution in [-0.4, -0.2) is 73.6 Å². The molecule has 0 N–H and O–H groups in total. The van der Waals surface area contributed by atoms with Crippen molar-refractivity contribution in [3.63, 3.8) is 0 Å². The minimum Gasteiger partial charge on any atom is -0.336 e. The van der Waals surface area contributed by atoms with Gasteiger partial charge < -0.3 is 4.90 Å². The number of carbonyl (C=O) groups excluding carboxylic acids is 2. The zero-order chi connectivity index (χ0) is 19.7. The van der Waals surface area contributed by atoms with Crippen LogP contribution < -0.4 is 0 Å². The van der Waals surface area contributed by atoms with E-state index in [0.29, 0.717) is 48.6 Å². The number of hydrogen-bond acceptors (Lipinski definition) is 6. The molecule has 0 bridgehead atoms. The Balaban J connectivity index is 1.46. The number of rotatable bonds is 4. The average molecular weight is 419 g/mol. The Labute approximate surface area is 168 Å². The summed E-state index contributed by atoms with van der Waals surface area (Å²) in [5.74, 6) is 0.210. The normalized spacial score (nSPS) is 22.3. The molecule has 1 aromatic heterocycles. The summed E-state index contributed by atoms with van der Waals surface area (Å²) in [5.41, 5.74) is 0.858. The SMILES string of the molecule is O=C(c1cccs1)c1ccccc1C(=O)N1CCN(C2CCS(=O)(=O)C2)CC1. The number of nitrogens with zero attached hydrogens (tertiary/aromatic N) is 2. The molecule has 2 saturated heterocycles. The fourth-order valence-corrected chi connectivity index (χ4v) is 6.37. The van der Waals surface area contributed by atoms with Gasteiger partial charge in [-0.25, -0.2) is 8.42 Å². The summed E-state index contributed by atoms with van der Waals surface area (Å²) >= 11 is 1.37. The second kappa shape index (κ2) is 7.77. The quantitative estimate of drug-likeness (QED) is 0.710. The molecular formula is C20H22N2O4S2. The third kappa shape index (κ3) is 3.90. The Morgan fingerprint density at radius 2 is 1.68 bits per heavy atom. The Hall–Kier alpha value is -2.03. The van der Waals surface area contributed by atoms with E-state index in [2.05, 4.69) is 4.90 Å². The Morgan fingerprint density at radius 3 is 2.29 bits per heavy atom. The highest BCUT2D eigenvalue weighted by molar-refractivity contribution is 7.91. The van der Waals surface area contributed by atoms with E-state index in [9.17, 15) is 18.0 Å². The molecule has 0 aliphatic carbocycles. The molecule has 8 heteroatoms. The predicted octanol–water partition coefficient (Wildman–Crippen LogP) is 1.92. The number of piperazine rings is 1. The molecule has 1 aromatic carbocycles. The molecule has 148 valence electrons. The molecule has 1 unspecified atom stereocenters. The van der Waals surface area contributed by atoms with Crippen molar-refractivity contribution in [2.75, 3.05) is 37.7 Å². The van der Waals surface area contributed by atoms with Crippen molar-refractivity contribution in [2.24, 2.45) is 0 Å². The summed E-state index contributed by atoms with van der Waals surface area (Å²) in [5, 5.41) is 1.85. The van der Waals surface area contributed by atoms with E-state index >= 15 is 0 Å². The molecule has 1 amide bonds. The number of ketones is 1. The van der Waals surface area contributed by atoms with Crippen LogP contribution in [0.4, 0.5) is 0 Å². The maximum absolute atomic E-state index is 13.1. The molecule has 2 aliphatic heterocycles. The van der Waals surface area contributed by atoms with Gasteiger partial charge in [0.15, 0.2) is 9.84 Å². The molecule has 1 atom stereocenters. The standard InChI is InChI=1S/C20H22N2O4S2/c23-19(18-6-3-12-27-18)16-4-1-2-5-17(16)20(24)22-10-8-21(9-11-22)15-7-13-28(25,26)14-15/h1-6,12,15H,7-11,13-14H2. The number of thiophene rings is 1. The molecular weight excluding hydrogens is 396 g/mol. The molecule has 2 aromatic rings. The molecule has 0 spiro atoms. The van der Waals surface area contributed by atoms with E-state index in [1.807, 2.05) is 11.4 Å². The van der Waals surface area contributed by atoms with Crippen molar-refractivity contribution in [3.8, 4) is 0 Å². The van der Waals surface area contributed by atoms with Crippen molar-refractivity contribution in [3.05, 3.63) is 57.8 Å². The van der Waals surface area contributed by atoms with Crippen LogP contribution in [0.5, 0.6) is 0 Å².